The van der Waals surface area contributed by atoms with Crippen molar-refractivity contribution in [3.05, 3.63) is 24.0 Å². The van der Waals surface area contributed by atoms with E-state index in [1.165, 1.54) is 24.6 Å². The SMILES string of the molecule is CCC1CCCC(Oc2cc(F)ccc2B(O)O)C1. The molecule has 5 heteroatoms. The molecule has 3 nitrogen and oxygen atoms in total. The van der Waals surface area contributed by atoms with E-state index in [-0.39, 0.29) is 17.3 Å². The summed E-state index contributed by atoms with van der Waals surface area (Å²) in [6.07, 6.45) is 5.38. The van der Waals surface area contributed by atoms with Gasteiger partial charge in [0.1, 0.15) is 11.6 Å². The second-order valence-corrected chi connectivity index (χ2v) is 5.24. The smallest absolute Gasteiger partial charge is 0.491 e. The molecule has 2 N–H and O–H groups in total. The van der Waals surface area contributed by atoms with Gasteiger partial charge in [-0.15, -0.1) is 0 Å². The molecule has 0 radical (unpaired) electrons. The Morgan fingerprint density at radius 3 is 2.84 bits per heavy atom. The fraction of sp³-hybridized carbons (Fsp3) is 0.571. The van der Waals surface area contributed by atoms with Crippen LogP contribution in [-0.4, -0.2) is 23.3 Å². The Kier molecular flexibility index (Phi) is 4.83. The van der Waals surface area contributed by atoms with Crippen LogP contribution in [0.2, 0.25) is 0 Å². The Morgan fingerprint density at radius 1 is 1.37 bits per heavy atom. The normalized spacial score (nSPS) is 23.2. The first-order valence-electron chi connectivity index (χ1n) is 6.92. The molecule has 1 aromatic rings. The van der Waals surface area contributed by atoms with Crippen molar-refractivity contribution in [3.8, 4) is 5.75 Å². The van der Waals surface area contributed by atoms with Crippen LogP contribution in [0.25, 0.3) is 0 Å². The summed E-state index contributed by atoms with van der Waals surface area (Å²) in [6.45, 7) is 2.16. The van der Waals surface area contributed by atoms with Crippen molar-refractivity contribution in [1.82, 2.24) is 0 Å². The van der Waals surface area contributed by atoms with Crippen LogP contribution in [0.3, 0.4) is 0 Å². The van der Waals surface area contributed by atoms with Crippen molar-refractivity contribution < 1.29 is 19.2 Å². The van der Waals surface area contributed by atoms with Crippen LogP contribution in [0.5, 0.6) is 5.75 Å². The van der Waals surface area contributed by atoms with E-state index in [1.54, 1.807) is 0 Å². The van der Waals surface area contributed by atoms with Gasteiger partial charge in [0.25, 0.3) is 0 Å². The number of ether oxygens (including phenoxy) is 1. The van der Waals surface area contributed by atoms with Gasteiger partial charge in [0.2, 0.25) is 0 Å². The van der Waals surface area contributed by atoms with Crippen LogP contribution in [0, 0.1) is 11.7 Å². The summed E-state index contributed by atoms with van der Waals surface area (Å²) in [5.74, 6) is 0.466. The predicted molar refractivity (Wildman–Crippen MR) is 72.9 cm³/mol. The first kappa shape index (κ1) is 14.3. The van der Waals surface area contributed by atoms with Crippen LogP contribution < -0.4 is 10.2 Å². The Labute approximate surface area is 113 Å². The highest BCUT2D eigenvalue weighted by Gasteiger charge is 2.25. The summed E-state index contributed by atoms with van der Waals surface area (Å²) in [6, 6.07) is 3.79. The number of rotatable bonds is 4. The van der Waals surface area contributed by atoms with Crippen LogP contribution in [0.1, 0.15) is 39.0 Å². The summed E-state index contributed by atoms with van der Waals surface area (Å²) in [5.41, 5.74) is 0.222. The number of hydrogen-bond donors (Lipinski definition) is 2. The van der Waals surface area contributed by atoms with Crippen molar-refractivity contribution in [2.75, 3.05) is 0 Å². The highest BCUT2D eigenvalue weighted by molar-refractivity contribution is 6.59. The van der Waals surface area contributed by atoms with E-state index < -0.39 is 12.9 Å². The van der Waals surface area contributed by atoms with E-state index in [0.29, 0.717) is 5.92 Å². The number of benzene rings is 1. The number of hydrogen-bond acceptors (Lipinski definition) is 3. The fourth-order valence-electron chi connectivity index (χ4n) is 2.72. The molecule has 0 spiro atoms. The average Bonchev–Trinajstić information content (AvgIpc) is 2.38. The molecule has 2 rings (SSSR count). The summed E-state index contributed by atoms with van der Waals surface area (Å²) < 4.78 is 19.1. The Morgan fingerprint density at radius 2 is 2.16 bits per heavy atom. The van der Waals surface area contributed by atoms with Gasteiger partial charge >= 0.3 is 7.12 Å². The minimum atomic E-state index is -1.64. The molecule has 0 saturated heterocycles. The molecule has 1 aliphatic rings. The molecule has 0 aromatic heterocycles. The Hall–Kier alpha value is -1.07. The molecule has 0 amide bonds. The molecule has 1 aromatic carbocycles. The Balaban J connectivity index is 2.11. The second kappa shape index (κ2) is 6.39. The highest BCUT2D eigenvalue weighted by Crippen LogP contribution is 2.29. The van der Waals surface area contributed by atoms with Crippen molar-refractivity contribution in [2.45, 2.75) is 45.1 Å². The van der Waals surface area contributed by atoms with Crippen molar-refractivity contribution >= 4 is 12.6 Å². The second-order valence-electron chi connectivity index (χ2n) is 5.24. The fourth-order valence-corrected chi connectivity index (χ4v) is 2.72. The van der Waals surface area contributed by atoms with Gasteiger partial charge in [0, 0.05) is 11.5 Å². The van der Waals surface area contributed by atoms with Crippen molar-refractivity contribution in [1.29, 1.82) is 0 Å². The molecule has 104 valence electrons. The summed E-state index contributed by atoms with van der Waals surface area (Å²) >= 11 is 0. The third kappa shape index (κ3) is 3.70. The molecule has 1 fully saturated rings. The third-order valence-electron chi connectivity index (χ3n) is 3.86. The maximum atomic E-state index is 13.3. The van der Waals surface area contributed by atoms with Gasteiger partial charge in [-0.25, -0.2) is 4.39 Å². The van der Waals surface area contributed by atoms with Gasteiger partial charge in [0.15, 0.2) is 0 Å². The Bertz CT molecular complexity index is 425. The molecular weight excluding hydrogens is 246 g/mol. The van der Waals surface area contributed by atoms with Crippen LogP contribution in [0.15, 0.2) is 18.2 Å². The summed E-state index contributed by atoms with van der Waals surface area (Å²) in [5, 5.41) is 18.6. The molecule has 1 saturated carbocycles. The summed E-state index contributed by atoms with van der Waals surface area (Å²) in [4.78, 5) is 0. The molecule has 1 aliphatic carbocycles. The predicted octanol–water partition coefficient (Wildman–Crippen LogP) is 1.85. The molecular formula is C14H20BFO3. The zero-order valence-corrected chi connectivity index (χ0v) is 11.2. The van der Waals surface area contributed by atoms with Crippen LogP contribution in [0.4, 0.5) is 4.39 Å². The van der Waals surface area contributed by atoms with Crippen LogP contribution >= 0.6 is 0 Å². The van der Waals surface area contributed by atoms with Gasteiger partial charge in [-0.05, 0) is 31.2 Å². The van der Waals surface area contributed by atoms with E-state index in [1.807, 2.05) is 0 Å². The van der Waals surface area contributed by atoms with Crippen molar-refractivity contribution in [2.24, 2.45) is 5.92 Å². The van der Waals surface area contributed by atoms with Gasteiger partial charge in [-0.3, -0.25) is 0 Å². The zero-order chi connectivity index (χ0) is 13.8. The minimum Gasteiger partial charge on any atom is -0.491 e. The van der Waals surface area contributed by atoms with E-state index >= 15 is 0 Å². The minimum absolute atomic E-state index is 0.0398. The van der Waals surface area contributed by atoms with Gasteiger partial charge in [-0.1, -0.05) is 25.8 Å². The lowest BCUT2D eigenvalue weighted by atomic mass is 9.79. The maximum Gasteiger partial charge on any atom is 0.492 e. The average molecular weight is 266 g/mol. The lowest BCUT2D eigenvalue weighted by Crippen LogP contribution is -2.34. The molecule has 19 heavy (non-hydrogen) atoms. The molecule has 2 atom stereocenters. The lowest BCUT2D eigenvalue weighted by Gasteiger charge is -2.29. The molecule has 0 bridgehead atoms. The topological polar surface area (TPSA) is 49.7 Å². The number of halogens is 1. The van der Waals surface area contributed by atoms with Crippen molar-refractivity contribution in [3.63, 3.8) is 0 Å². The van der Waals surface area contributed by atoms with E-state index in [4.69, 9.17) is 4.74 Å². The van der Waals surface area contributed by atoms with E-state index in [9.17, 15) is 14.4 Å². The van der Waals surface area contributed by atoms with Crippen LogP contribution in [-0.2, 0) is 0 Å². The summed E-state index contributed by atoms with van der Waals surface area (Å²) in [7, 11) is -1.64. The van der Waals surface area contributed by atoms with Gasteiger partial charge in [-0.2, -0.15) is 0 Å². The largest absolute Gasteiger partial charge is 0.492 e. The first-order chi connectivity index (χ1) is 9.10. The third-order valence-corrected chi connectivity index (χ3v) is 3.86. The monoisotopic (exact) mass is 266 g/mol. The first-order valence-corrected chi connectivity index (χ1v) is 6.92. The standard InChI is InChI=1S/C14H20BFO3/c1-2-10-4-3-5-12(8-10)19-14-9-11(16)6-7-13(14)15(17)18/h6-7,9-10,12,17-18H,2-5,8H2,1H3. The van der Waals surface area contributed by atoms with Gasteiger partial charge in [0.05, 0.1) is 6.10 Å². The van der Waals surface area contributed by atoms with E-state index in [2.05, 4.69) is 6.92 Å². The molecule has 0 aliphatic heterocycles. The highest BCUT2D eigenvalue weighted by atomic mass is 19.1. The molecule has 0 heterocycles. The zero-order valence-electron chi connectivity index (χ0n) is 11.2. The van der Waals surface area contributed by atoms with Gasteiger partial charge < -0.3 is 14.8 Å². The quantitative estimate of drug-likeness (QED) is 0.818. The van der Waals surface area contributed by atoms with E-state index in [0.717, 1.165) is 25.7 Å². The maximum absolute atomic E-state index is 13.3. The lowest BCUT2D eigenvalue weighted by molar-refractivity contribution is 0.122. The molecule has 2 unspecified atom stereocenters.